The summed E-state index contributed by atoms with van der Waals surface area (Å²) in [5.41, 5.74) is 0.800. The number of hydrogen-bond donors (Lipinski definition) is 1. The molecule has 0 saturated carbocycles. The number of morpholine rings is 1. The van der Waals surface area contributed by atoms with Crippen LogP contribution in [0.25, 0.3) is 0 Å². The Bertz CT molecular complexity index is 2820. The van der Waals surface area contributed by atoms with Gasteiger partial charge in [0, 0.05) is 159 Å². The highest BCUT2D eigenvalue weighted by Crippen LogP contribution is 2.26. The highest BCUT2D eigenvalue weighted by Gasteiger charge is 2.33. The number of benzene rings is 1. The first-order valence-corrected chi connectivity index (χ1v) is 45.4. The van der Waals surface area contributed by atoms with Gasteiger partial charge in [0.1, 0.15) is 17.3 Å². The van der Waals surface area contributed by atoms with Crippen LogP contribution in [0.5, 0.6) is 0 Å². The number of ketones is 3. The molecule has 0 atom stereocenters. The summed E-state index contributed by atoms with van der Waals surface area (Å²) in [6.07, 6.45) is 14.2. The number of likely N-dealkylation sites (N-methyl/N-ethyl adjacent to an activating group) is 2. The SMILES string of the molecule is CC(=O)C(C)(C)C.CC(=O)C(C)(C)C.CC(C)(C)C(=O)N1CCCCC1.CC(C)(C)C(=O)N1CCOCC1.CC(C)(C)CCN1CCCCC1.CC(C)(C)N1CCCCC1.CC(C)CNC(=O)C(C)(C)C.CCC(=O)C(C)(C)C.CN(Cc1ccccc1)C(=O)C(C)(C)C.CN1CCN(C(=O)C(C)(C)C)CC1.CN1CCN(C(C)(C)C)CC1. The lowest BCUT2D eigenvalue weighted by molar-refractivity contribution is -0.143. The Labute approximate surface area is 729 Å². The predicted molar refractivity (Wildman–Crippen MR) is 503 cm³/mol. The molecule has 6 heterocycles. The fourth-order valence-corrected chi connectivity index (χ4v) is 11.6. The third-order valence-corrected chi connectivity index (χ3v) is 20.9. The molecule has 118 heavy (non-hydrogen) atoms. The Morgan fingerprint density at radius 1 is 0.398 bits per heavy atom. The minimum atomic E-state index is -0.302. The first kappa shape index (κ1) is 120. The molecule has 0 aromatic heterocycles. The molecule has 1 N–H and O–H groups in total. The molecule has 1 aromatic carbocycles. The van der Waals surface area contributed by atoms with Gasteiger partial charge in [-0.05, 0) is 170 Å². The van der Waals surface area contributed by atoms with Crippen molar-refractivity contribution in [2.75, 3.05) is 152 Å². The van der Waals surface area contributed by atoms with Crippen LogP contribution >= 0.6 is 0 Å². The van der Waals surface area contributed by atoms with E-state index in [0.717, 1.165) is 64.5 Å². The van der Waals surface area contributed by atoms with E-state index in [1.165, 1.54) is 123 Å². The molecule has 0 spiro atoms. The number of carbonyl (C=O) groups excluding carboxylic acids is 8. The van der Waals surface area contributed by atoms with Crippen LogP contribution < -0.4 is 5.32 Å². The molecule has 6 aliphatic rings. The Kier molecular flexibility index (Phi) is 57.0. The molecule has 0 aliphatic carbocycles. The van der Waals surface area contributed by atoms with E-state index in [9.17, 15) is 38.4 Å². The number of amides is 5. The second kappa shape index (κ2) is 56.3. The second-order valence-corrected chi connectivity index (χ2v) is 45.4. The van der Waals surface area contributed by atoms with E-state index in [1.807, 2.05) is 225 Å². The van der Waals surface area contributed by atoms with Gasteiger partial charge in [0.15, 0.2) is 0 Å². The van der Waals surface area contributed by atoms with Crippen molar-refractivity contribution in [1.82, 2.24) is 49.4 Å². The second-order valence-electron chi connectivity index (χ2n) is 45.4. The monoisotopic (exact) mass is 1670 g/mol. The highest BCUT2D eigenvalue weighted by molar-refractivity contribution is 5.84. The lowest BCUT2D eigenvalue weighted by Crippen LogP contribution is -2.52. The van der Waals surface area contributed by atoms with Crippen LogP contribution in [-0.2, 0) is 49.6 Å². The van der Waals surface area contributed by atoms with Crippen molar-refractivity contribution in [2.45, 2.75) is 351 Å². The number of nitrogens with one attached hydrogen (secondary N) is 1. The molecule has 1 aromatic rings. The highest BCUT2D eigenvalue weighted by atomic mass is 16.5. The van der Waals surface area contributed by atoms with E-state index in [0.29, 0.717) is 60.3 Å². The first-order valence-electron chi connectivity index (χ1n) is 45.4. The summed E-state index contributed by atoms with van der Waals surface area (Å²) in [6, 6.07) is 10.0. The van der Waals surface area contributed by atoms with Crippen molar-refractivity contribution in [2.24, 2.45) is 54.7 Å². The predicted octanol–water partition coefficient (Wildman–Crippen LogP) is 19.7. The topological polar surface area (TPSA) is 187 Å². The van der Waals surface area contributed by atoms with Crippen LogP contribution in [0.15, 0.2) is 30.3 Å². The first-order chi connectivity index (χ1) is 53.2. The molecule has 19 nitrogen and oxygen atoms in total. The maximum absolute atomic E-state index is 11.9. The summed E-state index contributed by atoms with van der Waals surface area (Å²) in [5.74, 6) is 2.46. The van der Waals surface area contributed by atoms with Gasteiger partial charge in [0.25, 0.3) is 0 Å². The number of likely N-dealkylation sites (tertiary alicyclic amines) is 3. The average Bonchev–Trinajstić information content (AvgIpc) is 0.862. The summed E-state index contributed by atoms with van der Waals surface area (Å²) >= 11 is 0. The van der Waals surface area contributed by atoms with E-state index < -0.39 is 0 Å². The molecular weight excluding hydrogens is 1470 g/mol. The van der Waals surface area contributed by atoms with E-state index in [-0.39, 0.29) is 78.5 Å². The molecule has 6 aliphatic heterocycles. The summed E-state index contributed by atoms with van der Waals surface area (Å²) in [7, 11) is 6.14. The Morgan fingerprint density at radius 3 is 1.00 bits per heavy atom. The third-order valence-electron chi connectivity index (χ3n) is 20.9. The average molecular weight is 1670 g/mol. The standard InChI is InChI=1S/C13H19NO.C11H23N.C10H20N2O.C10H19NO.C9H20N2.C9H17NO2.C9H19NO.C9H19N.C7H14O.2C6H12O/c1-13(2,3)12(15)14(4)10-11-8-6-5-7-9-11;1-11(2,3)7-10-12-8-5-4-6-9-12;1-10(2,3)9(13)12-7-5-11(4)6-8-12;1-10(2,3)9(12)11-7-5-4-6-8-11;1-9(2,3)11-7-5-10(4)6-8-11;1-9(2,3)8(11)10-4-6-12-7-5-10;1-7(2)6-10-8(11)9(3,4)5;1-9(2,3)10-7-5-4-6-8-10;1-5-6(8)7(2,3)4;2*1-5(7)6(2,3)4/h5-9H,10H2,1-4H3;4-10H2,1-3H3;5-8H2,1-4H3;4-8H2,1-3H3;5-8H2,1-4H3;4-7H2,1-3H3;7H,6H2,1-5H3,(H,10,11);4-8H2,1-3H3;5H2,1-4H3;2*1-4H3. The lowest BCUT2D eigenvalue weighted by atomic mass is 9.90. The van der Waals surface area contributed by atoms with E-state index >= 15 is 0 Å². The number of hydrogen-bond acceptors (Lipinski definition) is 14. The number of piperazine rings is 2. The van der Waals surface area contributed by atoms with Gasteiger partial charge in [-0.15, -0.1) is 0 Å². The van der Waals surface area contributed by atoms with Crippen LogP contribution in [0, 0.1) is 54.7 Å². The van der Waals surface area contributed by atoms with Gasteiger partial charge in [-0.25, -0.2) is 0 Å². The summed E-state index contributed by atoms with van der Waals surface area (Å²) in [4.78, 5) is 110. The fraction of sp³-hybridized carbons (Fsp3) is 0.859. The Hall–Kier alpha value is -4.66. The number of Topliss-reactive ketones (excluding diaryl/α,β-unsaturated/α-hetero) is 3. The summed E-state index contributed by atoms with van der Waals surface area (Å²) in [5, 5.41) is 2.88. The molecule has 694 valence electrons. The van der Waals surface area contributed by atoms with E-state index in [2.05, 4.69) is 120 Å². The smallest absolute Gasteiger partial charge is 0.228 e. The van der Waals surface area contributed by atoms with Gasteiger partial charge >= 0.3 is 0 Å². The van der Waals surface area contributed by atoms with Crippen molar-refractivity contribution in [3.05, 3.63) is 35.9 Å². The van der Waals surface area contributed by atoms with Crippen molar-refractivity contribution in [3.8, 4) is 0 Å². The molecular formula is C99H194N10O9. The van der Waals surface area contributed by atoms with Gasteiger partial charge in [0.05, 0.1) is 13.2 Å². The Balaban J connectivity index is -0.000000610. The summed E-state index contributed by atoms with van der Waals surface area (Å²) in [6.45, 7) is 98.2. The van der Waals surface area contributed by atoms with Crippen molar-refractivity contribution in [3.63, 3.8) is 0 Å². The summed E-state index contributed by atoms with van der Waals surface area (Å²) < 4.78 is 5.17. The normalized spacial score (nSPS) is 17.2. The van der Waals surface area contributed by atoms with Crippen molar-refractivity contribution < 1.29 is 43.1 Å². The molecule has 5 amide bonds. The van der Waals surface area contributed by atoms with Crippen molar-refractivity contribution in [1.29, 1.82) is 0 Å². The number of nitrogens with zero attached hydrogens (tertiary/aromatic N) is 9. The third kappa shape index (κ3) is 61.6. The van der Waals surface area contributed by atoms with E-state index in [1.54, 1.807) is 18.7 Å². The number of ether oxygens (including phenoxy) is 1. The van der Waals surface area contributed by atoms with Crippen LogP contribution in [0.4, 0.5) is 0 Å². The number of piperidine rings is 3. The zero-order chi connectivity index (χ0) is 93.0. The molecule has 6 fully saturated rings. The van der Waals surface area contributed by atoms with Gasteiger partial charge < -0.3 is 44.4 Å². The largest absolute Gasteiger partial charge is 0.378 e. The zero-order valence-corrected chi connectivity index (χ0v) is 85.3. The van der Waals surface area contributed by atoms with Crippen LogP contribution in [0.1, 0.15) is 339 Å². The molecule has 0 bridgehead atoms. The molecule has 19 heteroatoms. The van der Waals surface area contributed by atoms with E-state index in [4.69, 9.17) is 4.74 Å². The maximum Gasteiger partial charge on any atom is 0.228 e. The minimum Gasteiger partial charge on any atom is -0.378 e. The van der Waals surface area contributed by atoms with Gasteiger partial charge in [-0.3, -0.25) is 48.2 Å². The molecule has 0 unspecified atom stereocenters. The Morgan fingerprint density at radius 2 is 0.720 bits per heavy atom. The van der Waals surface area contributed by atoms with Gasteiger partial charge in [-0.1, -0.05) is 251 Å². The minimum absolute atomic E-state index is 0.130. The number of carbonyl (C=O) groups is 8. The molecule has 7 rings (SSSR count). The van der Waals surface area contributed by atoms with Gasteiger partial charge in [0.2, 0.25) is 29.5 Å². The molecule has 0 radical (unpaired) electrons. The van der Waals surface area contributed by atoms with Crippen LogP contribution in [-0.4, -0.2) is 254 Å². The van der Waals surface area contributed by atoms with Crippen molar-refractivity contribution >= 4 is 46.9 Å². The lowest BCUT2D eigenvalue weighted by Gasteiger charge is -2.41. The fourth-order valence-electron chi connectivity index (χ4n) is 11.6. The van der Waals surface area contributed by atoms with Crippen LogP contribution in [0.2, 0.25) is 0 Å². The molecule has 6 saturated heterocycles. The van der Waals surface area contributed by atoms with Crippen LogP contribution in [0.3, 0.4) is 0 Å². The van der Waals surface area contributed by atoms with Gasteiger partial charge in [-0.2, -0.15) is 0 Å². The zero-order valence-electron chi connectivity index (χ0n) is 85.3. The quantitative estimate of drug-likeness (QED) is 0.272. The maximum atomic E-state index is 11.9. The number of rotatable bonds is 7.